The van der Waals surface area contributed by atoms with E-state index in [4.69, 9.17) is 0 Å². The minimum Gasteiger partial charge on any atom is -0.364 e. The van der Waals surface area contributed by atoms with Crippen LogP contribution in [0, 0.1) is 0 Å². The Morgan fingerprint density at radius 1 is 1.22 bits per heavy atom. The number of aromatic nitrogens is 7. The molecule has 3 aromatic heterocycles. The quantitative estimate of drug-likeness (QED) is 0.737. The van der Waals surface area contributed by atoms with Gasteiger partial charge in [0.2, 0.25) is 0 Å². The second-order valence-electron chi connectivity index (χ2n) is 7.03. The normalized spacial score (nSPS) is 17.1. The molecule has 10 heteroatoms. The lowest BCUT2D eigenvalue weighted by Crippen LogP contribution is -2.32. The number of imidazole rings is 1. The van der Waals surface area contributed by atoms with Crippen molar-refractivity contribution >= 4 is 17.0 Å². The first kappa shape index (κ1) is 17.7. The lowest BCUT2D eigenvalue weighted by atomic mass is 10.1. The standard InChI is InChI=1S/C17H22F2N8/c1-4-26-16-12(23-17(26)13(18)19)14(20-8-21-16)22-10-5-6-11-24-25-15(9(2)3)27(11)7-10/h8-10,13H,4-7H2,1-3H3,(H,20,21,22). The van der Waals surface area contributed by atoms with Gasteiger partial charge in [-0.2, -0.15) is 0 Å². The van der Waals surface area contributed by atoms with Crippen molar-refractivity contribution < 1.29 is 8.78 Å². The van der Waals surface area contributed by atoms with Gasteiger partial charge in [-0.1, -0.05) is 13.8 Å². The van der Waals surface area contributed by atoms with Gasteiger partial charge >= 0.3 is 0 Å². The molecule has 4 heterocycles. The van der Waals surface area contributed by atoms with Crippen LogP contribution in [0.2, 0.25) is 0 Å². The van der Waals surface area contributed by atoms with E-state index in [1.54, 1.807) is 6.92 Å². The Morgan fingerprint density at radius 3 is 2.74 bits per heavy atom. The van der Waals surface area contributed by atoms with Crippen LogP contribution in [0.15, 0.2) is 6.33 Å². The van der Waals surface area contributed by atoms with E-state index in [9.17, 15) is 8.78 Å². The van der Waals surface area contributed by atoms with Gasteiger partial charge in [0.1, 0.15) is 18.0 Å². The molecule has 3 aromatic rings. The van der Waals surface area contributed by atoms with Gasteiger partial charge in [0.25, 0.3) is 6.43 Å². The van der Waals surface area contributed by atoms with E-state index in [1.165, 1.54) is 10.9 Å². The average molecular weight is 376 g/mol. The Labute approximate surface area is 155 Å². The lowest BCUT2D eigenvalue weighted by Gasteiger charge is -2.26. The molecule has 1 aliphatic heterocycles. The summed E-state index contributed by atoms with van der Waals surface area (Å²) in [6.07, 6.45) is 0.394. The van der Waals surface area contributed by atoms with Gasteiger partial charge in [0.05, 0.1) is 0 Å². The Morgan fingerprint density at radius 2 is 2.04 bits per heavy atom. The summed E-state index contributed by atoms with van der Waals surface area (Å²) in [4.78, 5) is 12.6. The number of anilines is 1. The van der Waals surface area contributed by atoms with Crippen LogP contribution in [0.3, 0.4) is 0 Å². The summed E-state index contributed by atoms with van der Waals surface area (Å²) >= 11 is 0. The number of hydrogen-bond donors (Lipinski definition) is 1. The molecule has 8 nitrogen and oxygen atoms in total. The third-order valence-corrected chi connectivity index (χ3v) is 4.91. The minimum atomic E-state index is -2.66. The molecule has 0 fully saturated rings. The zero-order valence-corrected chi connectivity index (χ0v) is 15.5. The Hall–Kier alpha value is -2.65. The number of rotatable bonds is 5. The number of nitrogens with one attached hydrogen (secondary N) is 1. The summed E-state index contributed by atoms with van der Waals surface area (Å²) in [5.74, 6) is 2.44. The highest BCUT2D eigenvalue weighted by Crippen LogP contribution is 2.28. The summed E-state index contributed by atoms with van der Waals surface area (Å²) in [7, 11) is 0. The van der Waals surface area contributed by atoms with Gasteiger partial charge in [-0.05, 0) is 13.3 Å². The SMILES string of the molecule is CCn1c(C(F)F)nc2c(NC3CCc4nnc(C(C)C)n4C3)ncnc21. The highest BCUT2D eigenvalue weighted by Gasteiger charge is 2.26. The van der Waals surface area contributed by atoms with Crippen LogP contribution in [0.25, 0.3) is 11.2 Å². The number of hydrogen-bond acceptors (Lipinski definition) is 6. The van der Waals surface area contributed by atoms with Crippen molar-refractivity contribution in [2.24, 2.45) is 0 Å². The van der Waals surface area contributed by atoms with Crippen LogP contribution in [-0.2, 0) is 19.5 Å². The zero-order chi connectivity index (χ0) is 19.1. The molecule has 0 aliphatic carbocycles. The first-order chi connectivity index (χ1) is 13.0. The second-order valence-corrected chi connectivity index (χ2v) is 7.03. The van der Waals surface area contributed by atoms with Crippen LogP contribution in [-0.4, -0.2) is 40.3 Å². The maximum atomic E-state index is 13.3. The third-order valence-electron chi connectivity index (χ3n) is 4.91. The monoisotopic (exact) mass is 376 g/mol. The Bertz CT molecular complexity index is 961. The fraction of sp³-hybridized carbons (Fsp3) is 0.588. The van der Waals surface area contributed by atoms with Crippen molar-refractivity contribution in [2.75, 3.05) is 5.32 Å². The molecule has 0 radical (unpaired) electrons. The van der Waals surface area contributed by atoms with Gasteiger partial charge < -0.3 is 14.5 Å². The molecular formula is C17H22F2N8. The van der Waals surface area contributed by atoms with E-state index < -0.39 is 6.43 Å². The summed E-state index contributed by atoms with van der Waals surface area (Å²) in [5, 5.41) is 11.9. The van der Waals surface area contributed by atoms with Crippen LogP contribution >= 0.6 is 0 Å². The fourth-order valence-corrected chi connectivity index (χ4v) is 3.62. The predicted octanol–water partition coefficient (Wildman–Crippen LogP) is 2.93. The summed E-state index contributed by atoms with van der Waals surface area (Å²) in [6.45, 7) is 7.05. The molecule has 0 bridgehead atoms. The van der Waals surface area contributed by atoms with Gasteiger partial charge in [0, 0.05) is 31.5 Å². The van der Waals surface area contributed by atoms with E-state index in [0.29, 0.717) is 30.1 Å². The summed E-state index contributed by atoms with van der Waals surface area (Å²) < 4.78 is 30.2. The van der Waals surface area contributed by atoms with Gasteiger partial charge in [-0.25, -0.2) is 23.7 Å². The topological polar surface area (TPSA) is 86.3 Å². The van der Waals surface area contributed by atoms with Crippen molar-refractivity contribution in [3.8, 4) is 0 Å². The molecule has 1 unspecified atom stereocenters. The molecule has 144 valence electrons. The number of aryl methyl sites for hydroxylation is 2. The van der Waals surface area contributed by atoms with Crippen LogP contribution < -0.4 is 5.32 Å². The van der Waals surface area contributed by atoms with Crippen molar-refractivity contribution in [1.29, 1.82) is 0 Å². The average Bonchev–Trinajstić information content (AvgIpc) is 3.23. The molecule has 0 saturated heterocycles. The van der Waals surface area contributed by atoms with E-state index >= 15 is 0 Å². The molecular weight excluding hydrogens is 354 g/mol. The maximum Gasteiger partial charge on any atom is 0.295 e. The molecule has 4 rings (SSSR count). The molecule has 0 spiro atoms. The minimum absolute atomic E-state index is 0.0888. The van der Waals surface area contributed by atoms with E-state index in [0.717, 1.165) is 24.5 Å². The molecule has 0 saturated carbocycles. The van der Waals surface area contributed by atoms with Crippen LogP contribution in [0.1, 0.15) is 57.0 Å². The number of nitrogens with zero attached hydrogens (tertiary/aromatic N) is 7. The first-order valence-corrected chi connectivity index (χ1v) is 9.17. The van der Waals surface area contributed by atoms with Gasteiger partial charge in [-0.3, -0.25) is 0 Å². The van der Waals surface area contributed by atoms with Crippen LogP contribution in [0.4, 0.5) is 14.6 Å². The fourth-order valence-electron chi connectivity index (χ4n) is 3.62. The van der Waals surface area contributed by atoms with E-state index in [2.05, 4.69) is 48.9 Å². The van der Waals surface area contributed by atoms with E-state index in [-0.39, 0.29) is 17.8 Å². The number of alkyl halides is 2. The number of fused-ring (bicyclic) bond motifs is 2. The zero-order valence-electron chi connectivity index (χ0n) is 15.5. The van der Waals surface area contributed by atoms with Crippen molar-refractivity contribution in [3.05, 3.63) is 23.8 Å². The van der Waals surface area contributed by atoms with E-state index in [1.807, 2.05) is 0 Å². The lowest BCUT2D eigenvalue weighted by molar-refractivity contribution is 0.136. The molecule has 1 atom stereocenters. The smallest absolute Gasteiger partial charge is 0.295 e. The van der Waals surface area contributed by atoms with Crippen molar-refractivity contribution in [1.82, 2.24) is 34.3 Å². The maximum absolute atomic E-state index is 13.3. The van der Waals surface area contributed by atoms with Gasteiger partial charge in [-0.15, -0.1) is 10.2 Å². The molecule has 0 amide bonds. The largest absolute Gasteiger partial charge is 0.364 e. The summed E-state index contributed by atoms with van der Waals surface area (Å²) in [6, 6.07) is 0.0888. The predicted molar refractivity (Wildman–Crippen MR) is 95.8 cm³/mol. The second kappa shape index (κ2) is 6.82. The molecule has 0 aromatic carbocycles. The summed E-state index contributed by atoms with van der Waals surface area (Å²) in [5.41, 5.74) is 0.808. The number of halogens is 2. The highest BCUT2D eigenvalue weighted by atomic mass is 19.3. The van der Waals surface area contributed by atoms with Crippen molar-refractivity contribution in [3.63, 3.8) is 0 Å². The first-order valence-electron chi connectivity index (χ1n) is 9.17. The molecule has 1 aliphatic rings. The molecule has 27 heavy (non-hydrogen) atoms. The van der Waals surface area contributed by atoms with Crippen molar-refractivity contribution in [2.45, 2.75) is 65.1 Å². The third kappa shape index (κ3) is 3.02. The van der Waals surface area contributed by atoms with Gasteiger partial charge in [0.15, 0.2) is 22.8 Å². The Balaban J connectivity index is 1.65. The highest BCUT2D eigenvalue weighted by molar-refractivity contribution is 5.83. The van der Waals surface area contributed by atoms with Crippen LogP contribution in [0.5, 0.6) is 0 Å². The Kier molecular flexibility index (Phi) is 4.48. The molecule has 1 N–H and O–H groups in total.